The van der Waals surface area contributed by atoms with Gasteiger partial charge in [0.05, 0.1) is 11.2 Å². The molecule has 0 bridgehead atoms. The van der Waals surface area contributed by atoms with Gasteiger partial charge in [0.25, 0.3) is 5.56 Å². The Morgan fingerprint density at radius 2 is 2.04 bits per heavy atom. The van der Waals surface area contributed by atoms with E-state index in [9.17, 15) is 9.59 Å². The molecule has 1 aromatic carbocycles. The summed E-state index contributed by atoms with van der Waals surface area (Å²) in [5, 5.41) is 5.28. The highest BCUT2D eigenvalue weighted by Gasteiger charge is 2.33. The largest absolute Gasteiger partial charge is 0.342 e. The van der Waals surface area contributed by atoms with Crippen molar-refractivity contribution >= 4 is 16.8 Å². The third-order valence-corrected chi connectivity index (χ3v) is 4.90. The maximum Gasteiger partial charge on any atom is 0.252 e. The number of benzene rings is 1. The van der Waals surface area contributed by atoms with E-state index in [-0.39, 0.29) is 17.4 Å². The van der Waals surface area contributed by atoms with E-state index in [4.69, 9.17) is 0 Å². The molecular weight excluding hydrogens is 318 g/mol. The number of hydrogen-bond donors (Lipinski definition) is 0. The van der Waals surface area contributed by atoms with Gasteiger partial charge in [-0.3, -0.25) is 9.59 Å². The fraction of sp³-hybridized carbons (Fsp3) is 0.333. The molecule has 1 amide bonds. The predicted octanol–water partition coefficient (Wildman–Crippen LogP) is 1.45. The van der Waals surface area contributed by atoms with Gasteiger partial charge in [-0.1, -0.05) is 18.2 Å². The normalized spacial score (nSPS) is 17.6. The van der Waals surface area contributed by atoms with Crippen LogP contribution in [0.4, 0.5) is 0 Å². The zero-order chi connectivity index (χ0) is 17.6. The van der Waals surface area contributed by atoms with Crippen molar-refractivity contribution in [3.8, 4) is 5.69 Å². The Hall–Kier alpha value is -2.96. The van der Waals surface area contributed by atoms with Crippen molar-refractivity contribution in [2.45, 2.75) is 19.3 Å². The maximum atomic E-state index is 12.4. The summed E-state index contributed by atoms with van der Waals surface area (Å²) < 4.78 is 3.33. The summed E-state index contributed by atoms with van der Waals surface area (Å²) in [7, 11) is 1.76. The lowest BCUT2D eigenvalue weighted by atomic mass is 10.1. The summed E-state index contributed by atoms with van der Waals surface area (Å²) >= 11 is 0. The van der Waals surface area contributed by atoms with Crippen molar-refractivity contribution < 1.29 is 4.79 Å². The second kappa shape index (κ2) is 5.84. The third-order valence-electron chi connectivity index (χ3n) is 4.90. The topological polar surface area (TPSA) is 73.0 Å². The van der Waals surface area contributed by atoms with E-state index in [2.05, 4.69) is 10.1 Å². The minimum Gasteiger partial charge on any atom is -0.342 e. The van der Waals surface area contributed by atoms with Crippen molar-refractivity contribution in [3.05, 3.63) is 52.8 Å². The number of carbonyl (C=O) groups is 1. The van der Waals surface area contributed by atoms with Crippen LogP contribution in [-0.2, 0) is 11.8 Å². The standard InChI is InChI=1S/C18H19N5O2/c1-3-22-10-12(8-17(22)25)18-19-11-20-23(18)15-9-16(24)21(2)14-7-5-4-6-13(14)15/h4-7,9,11-12H,3,8,10H2,1-2H3. The number of nitrogens with zero attached hydrogens (tertiary/aromatic N) is 5. The van der Waals surface area contributed by atoms with Crippen molar-refractivity contribution in [1.82, 2.24) is 24.2 Å². The van der Waals surface area contributed by atoms with Gasteiger partial charge in [-0.25, -0.2) is 9.67 Å². The number of carbonyl (C=O) groups excluding carboxylic acids is 1. The summed E-state index contributed by atoms with van der Waals surface area (Å²) in [5.41, 5.74) is 1.44. The first kappa shape index (κ1) is 15.6. The fourth-order valence-corrected chi connectivity index (χ4v) is 3.53. The molecule has 4 rings (SSSR count). The molecule has 1 aliphatic heterocycles. The van der Waals surface area contributed by atoms with Gasteiger partial charge in [0.15, 0.2) is 0 Å². The second-order valence-electron chi connectivity index (χ2n) is 6.31. The Kier molecular flexibility index (Phi) is 3.63. The SMILES string of the molecule is CCN1CC(c2ncnn2-c2cc(=O)n(C)c3ccccc23)CC1=O. The van der Waals surface area contributed by atoms with Gasteiger partial charge in [-0.2, -0.15) is 5.10 Å². The molecule has 1 aliphatic rings. The third kappa shape index (κ3) is 2.43. The Labute approximate surface area is 144 Å². The summed E-state index contributed by atoms with van der Waals surface area (Å²) in [4.78, 5) is 30.7. The molecule has 0 N–H and O–H groups in total. The average molecular weight is 337 g/mol. The van der Waals surface area contributed by atoms with E-state index < -0.39 is 0 Å². The number of aromatic nitrogens is 4. The minimum atomic E-state index is -0.104. The van der Waals surface area contributed by atoms with E-state index in [0.29, 0.717) is 25.2 Å². The number of hydrogen-bond acceptors (Lipinski definition) is 4. The molecule has 25 heavy (non-hydrogen) atoms. The van der Waals surface area contributed by atoms with E-state index in [0.717, 1.165) is 16.7 Å². The van der Waals surface area contributed by atoms with Crippen LogP contribution < -0.4 is 5.56 Å². The highest BCUT2D eigenvalue weighted by Crippen LogP contribution is 2.29. The van der Waals surface area contributed by atoms with E-state index in [1.807, 2.05) is 36.1 Å². The second-order valence-corrected chi connectivity index (χ2v) is 6.31. The first-order chi connectivity index (χ1) is 12.1. The first-order valence-electron chi connectivity index (χ1n) is 8.37. The molecular formula is C18H19N5O2. The molecule has 1 atom stereocenters. The van der Waals surface area contributed by atoms with E-state index >= 15 is 0 Å². The van der Waals surface area contributed by atoms with Crippen molar-refractivity contribution in [3.63, 3.8) is 0 Å². The van der Waals surface area contributed by atoms with Crippen LogP contribution in [0.2, 0.25) is 0 Å². The average Bonchev–Trinajstić information content (AvgIpc) is 3.24. The highest BCUT2D eigenvalue weighted by atomic mass is 16.2. The van der Waals surface area contributed by atoms with Gasteiger partial charge in [0.1, 0.15) is 12.2 Å². The van der Waals surface area contributed by atoms with Crippen molar-refractivity contribution in [2.24, 2.45) is 7.05 Å². The molecule has 7 heteroatoms. The number of likely N-dealkylation sites (N-methyl/N-ethyl adjacent to an activating group) is 1. The van der Waals surface area contributed by atoms with Gasteiger partial charge in [-0.05, 0) is 13.0 Å². The van der Waals surface area contributed by atoms with Crippen molar-refractivity contribution in [1.29, 1.82) is 0 Å². The molecule has 1 unspecified atom stereocenters. The van der Waals surface area contributed by atoms with Crippen LogP contribution in [-0.4, -0.2) is 43.2 Å². The zero-order valence-corrected chi connectivity index (χ0v) is 14.2. The highest BCUT2D eigenvalue weighted by molar-refractivity contribution is 5.87. The number of fused-ring (bicyclic) bond motifs is 1. The molecule has 0 saturated carbocycles. The summed E-state index contributed by atoms with van der Waals surface area (Å²) in [6.07, 6.45) is 1.91. The van der Waals surface area contributed by atoms with Crippen LogP contribution in [0, 0.1) is 0 Å². The van der Waals surface area contributed by atoms with Crippen molar-refractivity contribution in [2.75, 3.05) is 13.1 Å². The van der Waals surface area contributed by atoms with Crippen LogP contribution in [0.25, 0.3) is 16.6 Å². The summed E-state index contributed by atoms with van der Waals surface area (Å²) in [5.74, 6) is 0.844. The number of aryl methyl sites for hydroxylation is 1. The Bertz CT molecular complexity index is 1020. The van der Waals surface area contributed by atoms with Gasteiger partial charge >= 0.3 is 0 Å². The quantitative estimate of drug-likeness (QED) is 0.725. The predicted molar refractivity (Wildman–Crippen MR) is 93.7 cm³/mol. The Morgan fingerprint density at radius 3 is 2.80 bits per heavy atom. The molecule has 7 nitrogen and oxygen atoms in total. The summed E-state index contributed by atoms with van der Waals surface area (Å²) in [6, 6.07) is 9.30. The van der Waals surface area contributed by atoms with Gasteiger partial charge in [0.2, 0.25) is 5.91 Å². The molecule has 128 valence electrons. The molecule has 1 saturated heterocycles. The minimum absolute atomic E-state index is 0.0160. The monoisotopic (exact) mass is 337 g/mol. The maximum absolute atomic E-state index is 12.4. The number of likely N-dealkylation sites (tertiary alicyclic amines) is 1. The summed E-state index contributed by atoms with van der Waals surface area (Å²) in [6.45, 7) is 3.30. The molecule has 0 radical (unpaired) electrons. The van der Waals surface area contributed by atoms with Gasteiger partial charge < -0.3 is 9.47 Å². The number of rotatable bonds is 3. The van der Waals surface area contributed by atoms with E-state index in [1.165, 1.54) is 6.33 Å². The lowest BCUT2D eigenvalue weighted by Gasteiger charge is -2.15. The lowest BCUT2D eigenvalue weighted by Crippen LogP contribution is -2.24. The molecule has 1 fully saturated rings. The van der Waals surface area contributed by atoms with Crippen LogP contribution >= 0.6 is 0 Å². The van der Waals surface area contributed by atoms with E-state index in [1.54, 1.807) is 22.4 Å². The number of para-hydroxylation sites is 1. The molecule has 3 aromatic rings. The molecule has 2 aromatic heterocycles. The number of pyridine rings is 1. The molecule has 0 spiro atoms. The Morgan fingerprint density at radius 1 is 1.24 bits per heavy atom. The lowest BCUT2D eigenvalue weighted by molar-refractivity contribution is -0.127. The van der Waals surface area contributed by atoms with Crippen LogP contribution in [0.3, 0.4) is 0 Å². The molecule has 3 heterocycles. The number of amides is 1. The zero-order valence-electron chi connectivity index (χ0n) is 14.2. The molecule has 0 aliphatic carbocycles. The smallest absolute Gasteiger partial charge is 0.252 e. The van der Waals surface area contributed by atoms with Gasteiger partial charge in [0, 0.05) is 43.9 Å². The van der Waals surface area contributed by atoms with Crippen LogP contribution in [0.5, 0.6) is 0 Å². The fourth-order valence-electron chi connectivity index (χ4n) is 3.53. The van der Waals surface area contributed by atoms with Crippen LogP contribution in [0.1, 0.15) is 25.1 Å². The first-order valence-corrected chi connectivity index (χ1v) is 8.37. The van der Waals surface area contributed by atoms with Crippen LogP contribution in [0.15, 0.2) is 41.5 Å². The van der Waals surface area contributed by atoms with Gasteiger partial charge in [-0.15, -0.1) is 0 Å². The Balaban J connectivity index is 1.87.